The van der Waals surface area contributed by atoms with E-state index in [1.165, 1.54) is 0 Å². The van der Waals surface area contributed by atoms with Crippen molar-refractivity contribution in [3.8, 4) is 56.4 Å². The fourth-order valence-electron chi connectivity index (χ4n) is 4.22. The van der Waals surface area contributed by atoms with Crippen molar-refractivity contribution in [1.82, 2.24) is 19.9 Å². The zero-order valence-electron chi connectivity index (χ0n) is 19.8. The third-order valence-corrected chi connectivity index (χ3v) is 6.31. The normalized spacial score (nSPS) is 10.8. The van der Waals surface area contributed by atoms with Gasteiger partial charge in [0.2, 0.25) is 0 Å². The molecule has 5 heteroatoms. The zero-order chi connectivity index (χ0) is 25.0. The molecule has 0 unspecified atom stereocenters. The maximum absolute atomic E-state index is 6.55. The second-order valence-electron chi connectivity index (χ2n) is 8.58. The van der Waals surface area contributed by atoms with E-state index in [0.29, 0.717) is 22.5 Å². The Morgan fingerprint density at radius 2 is 0.811 bits per heavy atom. The van der Waals surface area contributed by atoms with Crippen molar-refractivity contribution in [3.63, 3.8) is 0 Å². The first-order chi connectivity index (χ1) is 18.2. The van der Waals surface area contributed by atoms with Crippen molar-refractivity contribution >= 4 is 11.6 Å². The monoisotopic (exact) mass is 496 g/mol. The average molecular weight is 497 g/mol. The van der Waals surface area contributed by atoms with Gasteiger partial charge in [-0.2, -0.15) is 0 Å². The average Bonchev–Trinajstić information content (AvgIpc) is 2.98. The van der Waals surface area contributed by atoms with Crippen molar-refractivity contribution in [2.24, 2.45) is 0 Å². The minimum atomic E-state index is 0.564. The highest BCUT2D eigenvalue weighted by Gasteiger charge is 2.14. The Morgan fingerprint density at radius 1 is 0.378 bits per heavy atom. The lowest BCUT2D eigenvalue weighted by Crippen LogP contribution is -2.00. The quantitative estimate of drug-likeness (QED) is 0.241. The Morgan fingerprint density at radius 3 is 1.43 bits per heavy atom. The molecule has 0 aliphatic carbocycles. The molecule has 0 spiro atoms. The van der Waals surface area contributed by atoms with Crippen molar-refractivity contribution in [1.29, 1.82) is 0 Å². The van der Waals surface area contributed by atoms with Crippen LogP contribution in [0.4, 0.5) is 0 Å². The Kier molecular flexibility index (Phi) is 6.24. The molecule has 0 aliphatic rings. The molecule has 4 nitrogen and oxygen atoms in total. The van der Waals surface area contributed by atoms with Gasteiger partial charge in [0, 0.05) is 34.1 Å². The zero-order valence-corrected chi connectivity index (χ0v) is 20.5. The van der Waals surface area contributed by atoms with Crippen LogP contribution in [0.15, 0.2) is 128 Å². The molecule has 2 aromatic heterocycles. The lowest BCUT2D eigenvalue weighted by Gasteiger charge is -2.11. The van der Waals surface area contributed by atoms with E-state index in [-0.39, 0.29) is 0 Å². The molecule has 0 saturated heterocycles. The van der Waals surface area contributed by atoms with Crippen molar-refractivity contribution in [2.45, 2.75) is 0 Å². The topological polar surface area (TPSA) is 51.6 Å². The summed E-state index contributed by atoms with van der Waals surface area (Å²) >= 11 is 6.55. The van der Waals surface area contributed by atoms with Gasteiger partial charge in [0.25, 0.3) is 0 Å². The molecule has 2 heterocycles. The van der Waals surface area contributed by atoms with Crippen LogP contribution in [0.5, 0.6) is 0 Å². The van der Waals surface area contributed by atoms with Gasteiger partial charge >= 0.3 is 0 Å². The second kappa shape index (κ2) is 10.1. The minimum absolute atomic E-state index is 0.564. The number of aromatic nitrogens is 4. The highest BCUT2D eigenvalue weighted by Crippen LogP contribution is 2.31. The number of halogens is 1. The van der Waals surface area contributed by atoms with E-state index < -0.39 is 0 Å². The van der Waals surface area contributed by atoms with E-state index in [1.807, 2.05) is 78.9 Å². The molecule has 4 aromatic carbocycles. The van der Waals surface area contributed by atoms with Crippen LogP contribution < -0.4 is 0 Å². The Labute approximate surface area is 220 Å². The lowest BCUT2D eigenvalue weighted by molar-refractivity contribution is 1.07. The Bertz CT molecular complexity index is 1650. The molecule has 0 saturated carbocycles. The highest BCUT2D eigenvalue weighted by atomic mass is 35.5. The first-order valence-corrected chi connectivity index (χ1v) is 12.3. The summed E-state index contributed by atoms with van der Waals surface area (Å²) in [4.78, 5) is 18.7. The van der Waals surface area contributed by atoms with Gasteiger partial charge in [0.05, 0.1) is 0 Å². The summed E-state index contributed by atoms with van der Waals surface area (Å²) in [7, 11) is 0. The SMILES string of the molecule is Clc1cc(-c2ccncc2)cc(-c2nc(-c3ccccc3)nc(-c3ccc(-c4ccccc4)cc3)n2)c1. The Balaban J connectivity index is 1.47. The molecule has 6 rings (SSSR count). The maximum Gasteiger partial charge on any atom is 0.164 e. The molecule has 0 aliphatic heterocycles. The summed E-state index contributed by atoms with van der Waals surface area (Å²) in [5, 5.41) is 0.611. The summed E-state index contributed by atoms with van der Waals surface area (Å²) in [6.45, 7) is 0. The fraction of sp³-hybridized carbons (Fsp3) is 0. The molecule has 0 atom stereocenters. The summed E-state index contributed by atoms with van der Waals surface area (Å²) in [6.07, 6.45) is 3.53. The van der Waals surface area contributed by atoms with Gasteiger partial charge < -0.3 is 0 Å². The number of benzene rings is 4. The first kappa shape index (κ1) is 22.8. The molecule has 6 aromatic rings. The summed E-state index contributed by atoms with van der Waals surface area (Å²) < 4.78 is 0. The van der Waals surface area contributed by atoms with Gasteiger partial charge in [-0.1, -0.05) is 96.5 Å². The first-order valence-electron chi connectivity index (χ1n) is 11.9. The predicted octanol–water partition coefficient (Wildman–Crippen LogP) is 8.26. The smallest absolute Gasteiger partial charge is 0.164 e. The van der Waals surface area contributed by atoms with E-state index in [2.05, 4.69) is 41.4 Å². The number of nitrogens with zero attached hydrogens (tertiary/aromatic N) is 4. The summed E-state index contributed by atoms with van der Waals surface area (Å²) in [5.74, 6) is 1.78. The molecular formula is C32H21ClN4. The third kappa shape index (κ3) is 5.01. The van der Waals surface area contributed by atoms with Crippen LogP contribution in [0.2, 0.25) is 5.02 Å². The van der Waals surface area contributed by atoms with Crippen LogP contribution in [-0.4, -0.2) is 19.9 Å². The van der Waals surface area contributed by atoms with Gasteiger partial charge in [-0.25, -0.2) is 15.0 Å². The molecule has 176 valence electrons. The molecular weight excluding hydrogens is 476 g/mol. The van der Waals surface area contributed by atoms with Gasteiger partial charge in [0.15, 0.2) is 17.5 Å². The summed E-state index contributed by atoms with van der Waals surface area (Å²) in [5.41, 5.74) is 6.95. The molecule has 0 fully saturated rings. The van der Waals surface area contributed by atoms with Crippen molar-refractivity contribution < 1.29 is 0 Å². The largest absolute Gasteiger partial charge is 0.265 e. The Hall–Kier alpha value is -4.67. The van der Waals surface area contributed by atoms with Crippen LogP contribution in [0.3, 0.4) is 0 Å². The van der Waals surface area contributed by atoms with Crippen molar-refractivity contribution in [2.75, 3.05) is 0 Å². The van der Waals surface area contributed by atoms with E-state index in [1.54, 1.807) is 12.4 Å². The summed E-state index contributed by atoms with van der Waals surface area (Å²) in [6, 6.07) is 38.3. The van der Waals surface area contributed by atoms with E-state index >= 15 is 0 Å². The van der Waals surface area contributed by atoms with E-state index in [9.17, 15) is 0 Å². The van der Waals surface area contributed by atoms with Crippen LogP contribution in [0.1, 0.15) is 0 Å². The number of hydrogen-bond donors (Lipinski definition) is 0. The molecule has 37 heavy (non-hydrogen) atoms. The van der Waals surface area contributed by atoms with E-state index in [0.717, 1.165) is 38.9 Å². The molecule has 0 radical (unpaired) electrons. The molecule has 0 bridgehead atoms. The van der Waals surface area contributed by atoms with Gasteiger partial charge in [-0.3, -0.25) is 4.98 Å². The van der Waals surface area contributed by atoms with Crippen LogP contribution in [0, 0.1) is 0 Å². The maximum atomic E-state index is 6.55. The second-order valence-corrected chi connectivity index (χ2v) is 9.02. The lowest BCUT2D eigenvalue weighted by atomic mass is 10.0. The number of rotatable bonds is 5. The fourth-order valence-corrected chi connectivity index (χ4v) is 4.46. The predicted molar refractivity (Wildman–Crippen MR) is 150 cm³/mol. The number of hydrogen-bond acceptors (Lipinski definition) is 4. The van der Waals surface area contributed by atoms with Crippen molar-refractivity contribution in [3.05, 3.63) is 133 Å². The van der Waals surface area contributed by atoms with Gasteiger partial charge in [-0.15, -0.1) is 0 Å². The molecule has 0 amide bonds. The van der Waals surface area contributed by atoms with E-state index in [4.69, 9.17) is 26.6 Å². The van der Waals surface area contributed by atoms with Crippen LogP contribution >= 0.6 is 11.6 Å². The third-order valence-electron chi connectivity index (χ3n) is 6.09. The van der Waals surface area contributed by atoms with Crippen LogP contribution in [0.25, 0.3) is 56.4 Å². The minimum Gasteiger partial charge on any atom is -0.265 e. The van der Waals surface area contributed by atoms with Crippen LogP contribution in [-0.2, 0) is 0 Å². The van der Waals surface area contributed by atoms with Gasteiger partial charge in [-0.05, 0) is 52.6 Å². The van der Waals surface area contributed by atoms with Gasteiger partial charge in [0.1, 0.15) is 0 Å². The molecule has 0 N–H and O–H groups in total. The standard InChI is InChI=1S/C32H21ClN4/c33-29-20-27(24-15-17-34-18-16-24)19-28(21-29)32-36-30(25-9-5-2-6-10-25)35-31(37-32)26-13-11-23(12-14-26)22-7-3-1-4-8-22/h1-21H. The highest BCUT2D eigenvalue weighted by molar-refractivity contribution is 6.31. The number of pyridine rings is 1.